The third-order valence-corrected chi connectivity index (χ3v) is 10.1. The Hall–Kier alpha value is -7.10. The molecule has 3 nitrogen and oxygen atoms in total. The average molecular weight is 677 g/mol. The van der Waals surface area contributed by atoms with Gasteiger partial charge >= 0.3 is 0 Å². The summed E-state index contributed by atoms with van der Waals surface area (Å²) in [5.74, 6) is 0.683. The first-order valence-electron chi connectivity index (χ1n) is 17.9. The van der Waals surface area contributed by atoms with Gasteiger partial charge in [0.1, 0.15) is 11.2 Å². The number of furan rings is 1. The maximum atomic E-state index is 6.21. The lowest BCUT2D eigenvalue weighted by molar-refractivity contribution is 0.669. The van der Waals surface area contributed by atoms with Crippen molar-refractivity contribution in [2.45, 2.75) is 0 Å². The molecule has 0 fully saturated rings. The van der Waals surface area contributed by atoms with Crippen LogP contribution < -0.4 is 0 Å². The SMILES string of the molecule is c1ccc(-c2cccc(-c3nc(-c4ccccc4)cc(-c4cc(-c5ccc6oc7ccccc7c6c5)cc(-c5cccc6ccccc56)c4)n3)c2)cc1. The van der Waals surface area contributed by atoms with Gasteiger partial charge in [0.2, 0.25) is 0 Å². The predicted octanol–water partition coefficient (Wildman–Crippen LogP) is 13.5. The number of nitrogens with zero attached hydrogens (tertiary/aromatic N) is 2. The van der Waals surface area contributed by atoms with E-state index < -0.39 is 0 Å². The highest BCUT2D eigenvalue weighted by molar-refractivity contribution is 6.06. The van der Waals surface area contributed by atoms with Crippen molar-refractivity contribution < 1.29 is 4.42 Å². The van der Waals surface area contributed by atoms with Crippen LogP contribution in [0.25, 0.3) is 100.0 Å². The molecular formula is C50H32N2O. The largest absolute Gasteiger partial charge is 0.456 e. The molecule has 0 saturated heterocycles. The third-order valence-electron chi connectivity index (χ3n) is 10.1. The maximum absolute atomic E-state index is 6.21. The van der Waals surface area contributed by atoms with Gasteiger partial charge in [-0.25, -0.2) is 9.97 Å². The molecule has 0 aliphatic carbocycles. The summed E-state index contributed by atoms with van der Waals surface area (Å²) < 4.78 is 6.21. The van der Waals surface area contributed by atoms with Crippen LogP contribution in [0.2, 0.25) is 0 Å². The quantitative estimate of drug-likeness (QED) is 0.176. The molecule has 8 aromatic carbocycles. The Labute approximate surface area is 307 Å². The second-order valence-electron chi connectivity index (χ2n) is 13.4. The van der Waals surface area contributed by atoms with Crippen LogP contribution in [0.15, 0.2) is 199 Å². The molecule has 248 valence electrons. The number of fused-ring (bicyclic) bond motifs is 4. The third kappa shape index (κ3) is 5.75. The zero-order valence-corrected chi connectivity index (χ0v) is 28.8. The minimum absolute atomic E-state index is 0.683. The molecule has 10 rings (SSSR count). The summed E-state index contributed by atoms with van der Waals surface area (Å²) in [6.45, 7) is 0. The summed E-state index contributed by atoms with van der Waals surface area (Å²) in [6, 6.07) is 68.2. The minimum Gasteiger partial charge on any atom is -0.456 e. The smallest absolute Gasteiger partial charge is 0.160 e. The van der Waals surface area contributed by atoms with Crippen molar-refractivity contribution in [1.29, 1.82) is 0 Å². The molecule has 0 atom stereocenters. The second kappa shape index (κ2) is 12.9. The Balaban J connectivity index is 1.20. The predicted molar refractivity (Wildman–Crippen MR) is 219 cm³/mol. The van der Waals surface area contributed by atoms with Crippen molar-refractivity contribution in [2.24, 2.45) is 0 Å². The molecular weight excluding hydrogens is 645 g/mol. The first-order valence-corrected chi connectivity index (χ1v) is 17.9. The molecule has 10 aromatic rings. The average Bonchev–Trinajstić information content (AvgIpc) is 3.62. The van der Waals surface area contributed by atoms with E-state index in [1.807, 2.05) is 24.3 Å². The highest BCUT2D eigenvalue weighted by Crippen LogP contribution is 2.39. The standard InChI is InChI=1S/C50H32N2O/c1-3-13-33(14-4-1)36-19-11-20-38(27-36)50-51-46(35-16-5-2-6-17-35)32-47(52-50)41-29-39(28-40(30-41)43-23-12-18-34-15-7-8-21-42(34)43)37-25-26-49-45(31-37)44-22-9-10-24-48(44)53-49/h1-32H. The fourth-order valence-corrected chi connectivity index (χ4v) is 7.43. The van der Waals surface area contributed by atoms with Gasteiger partial charge in [0.15, 0.2) is 5.82 Å². The summed E-state index contributed by atoms with van der Waals surface area (Å²) in [6.07, 6.45) is 0. The number of hydrogen-bond acceptors (Lipinski definition) is 3. The van der Waals surface area contributed by atoms with E-state index in [9.17, 15) is 0 Å². The van der Waals surface area contributed by atoms with Crippen LogP contribution in [0.1, 0.15) is 0 Å². The van der Waals surface area contributed by atoms with E-state index >= 15 is 0 Å². The van der Waals surface area contributed by atoms with Crippen LogP contribution in [-0.2, 0) is 0 Å². The normalized spacial score (nSPS) is 11.4. The molecule has 3 heteroatoms. The summed E-state index contributed by atoms with van der Waals surface area (Å²) >= 11 is 0. The molecule has 0 amide bonds. The number of aromatic nitrogens is 2. The van der Waals surface area contributed by atoms with Crippen molar-refractivity contribution in [1.82, 2.24) is 9.97 Å². The summed E-state index contributed by atoms with van der Waals surface area (Å²) in [4.78, 5) is 10.5. The van der Waals surface area contributed by atoms with Crippen LogP contribution in [-0.4, -0.2) is 9.97 Å². The molecule has 0 radical (unpaired) electrons. The van der Waals surface area contributed by atoms with E-state index in [1.54, 1.807) is 0 Å². The Morgan fingerprint density at radius 1 is 0.302 bits per heavy atom. The number of rotatable bonds is 6. The van der Waals surface area contributed by atoms with Crippen molar-refractivity contribution in [2.75, 3.05) is 0 Å². The summed E-state index contributed by atoms with van der Waals surface area (Å²) in [5, 5.41) is 4.63. The fraction of sp³-hybridized carbons (Fsp3) is 0. The molecule has 2 heterocycles. The molecule has 53 heavy (non-hydrogen) atoms. The Morgan fingerprint density at radius 2 is 0.868 bits per heavy atom. The van der Waals surface area contributed by atoms with E-state index in [2.05, 4.69) is 170 Å². The first-order chi connectivity index (χ1) is 26.2. The van der Waals surface area contributed by atoms with Gasteiger partial charge in [-0.1, -0.05) is 146 Å². The molecule has 0 aliphatic heterocycles. The van der Waals surface area contributed by atoms with E-state index in [-0.39, 0.29) is 0 Å². The minimum atomic E-state index is 0.683. The monoisotopic (exact) mass is 676 g/mol. The summed E-state index contributed by atoms with van der Waals surface area (Å²) in [5.41, 5.74) is 13.3. The zero-order chi connectivity index (χ0) is 35.1. The van der Waals surface area contributed by atoms with E-state index in [1.165, 1.54) is 16.3 Å². The highest BCUT2D eigenvalue weighted by atomic mass is 16.3. The van der Waals surface area contributed by atoms with Crippen molar-refractivity contribution in [3.63, 3.8) is 0 Å². The molecule has 0 spiro atoms. The second-order valence-corrected chi connectivity index (χ2v) is 13.4. The molecule has 2 aromatic heterocycles. The zero-order valence-electron chi connectivity index (χ0n) is 28.8. The van der Waals surface area contributed by atoms with Gasteiger partial charge in [0, 0.05) is 27.5 Å². The Kier molecular flexibility index (Phi) is 7.47. The van der Waals surface area contributed by atoms with Crippen molar-refractivity contribution in [3.8, 4) is 67.3 Å². The van der Waals surface area contributed by atoms with E-state index in [0.717, 1.165) is 77.8 Å². The van der Waals surface area contributed by atoms with Crippen LogP contribution in [0.3, 0.4) is 0 Å². The topological polar surface area (TPSA) is 38.9 Å². The lowest BCUT2D eigenvalue weighted by Crippen LogP contribution is -1.97. The van der Waals surface area contributed by atoms with Crippen LogP contribution in [0.4, 0.5) is 0 Å². The molecule has 0 aliphatic rings. The maximum Gasteiger partial charge on any atom is 0.160 e. The molecule has 0 saturated carbocycles. The van der Waals surface area contributed by atoms with Crippen LogP contribution >= 0.6 is 0 Å². The highest BCUT2D eigenvalue weighted by Gasteiger charge is 2.16. The van der Waals surface area contributed by atoms with Gasteiger partial charge in [-0.2, -0.15) is 0 Å². The van der Waals surface area contributed by atoms with Crippen LogP contribution in [0, 0.1) is 0 Å². The number of para-hydroxylation sites is 1. The lowest BCUT2D eigenvalue weighted by Gasteiger charge is -2.14. The lowest BCUT2D eigenvalue weighted by atomic mass is 9.91. The van der Waals surface area contributed by atoms with Crippen molar-refractivity contribution >= 4 is 32.7 Å². The Bertz CT molecular complexity index is 2940. The number of hydrogen-bond donors (Lipinski definition) is 0. The van der Waals surface area contributed by atoms with Gasteiger partial charge < -0.3 is 4.42 Å². The van der Waals surface area contributed by atoms with Gasteiger partial charge in [0.25, 0.3) is 0 Å². The van der Waals surface area contributed by atoms with Gasteiger partial charge in [-0.3, -0.25) is 0 Å². The van der Waals surface area contributed by atoms with Crippen LogP contribution in [0.5, 0.6) is 0 Å². The molecule has 0 N–H and O–H groups in total. The summed E-state index contributed by atoms with van der Waals surface area (Å²) in [7, 11) is 0. The van der Waals surface area contributed by atoms with Gasteiger partial charge in [-0.05, 0) is 92.7 Å². The van der Waals surface area contributed by atoms with Crippen molar-refractivity contribution in [3.05, 3.63) is 194 Å². The first kappa shape index (κ1) is 30.7. The van der Waals surface area contributed by atoms with Gasteiger partial charge in [0.05, 0.1) is 11.4 Å². The van der Waals surface area contributed by atoms with E-state index in [0.29, 0.717) is 5.82 Å². The molecule has 0 unspecified atom stereocenters. The molecule has 0 bridgehead atoms. The van der Waals surface area contributed by atoms with Gasteiger partial charge in [-0.15, -0.1) is 0 Å². The fourth-order valence-electron chi connectivity index (χ4n) is 7.43. The number of benzene rings is 8. The Morgan fingerprint density at radius 3 is 1.72 bits per heavy atom. The van der Waals surface area contributed by atoms with E-state index in [4.69, 9.17) is 14.4 Å².